The Morgan fingerprint density at radius 2 is 2.00 bits per heavy atom. The molecule has 1 aliphatic rings. The van der Waals surface area contributed by atoms with Crippen LogP contribution in [0.4, 0.5) is 0 Å². The second kappa shape index (κ2) is 4.21. The fourth-order valence-corrected chi connectivity index (χ4v) is 1.81. The van der Waals surface area contributed by atoms with E-state index >= 15 is 0 Å². The van der Waals surface area contributed by atoms with Crippen molar-refractivity contribution in [1.29, 1.82) is 0 Å². The smallest absolute Gasteiger partial charge is 0.0939 e. The molecule has 1 heterocycles. The van der Waals surface area contributed by atoms with Crippen molar-refractivity contribution in [2.24, 2.45) is 5.73 Å². The van der Waals surface area contributed by atoms with Gasteiger partial charge >= 0.3 is 0 Å². The summed E-state index contributed by atoms with van der Waals surface area (Å²) in [5.74, 6) is 0. The first-order valence-corrected chi connectivity index (χ1v) is 4.96. The third-order valence-corrected chi connectivity index (χ3v) is 2.86. The summed E-state index contributed by atoms with van der Waals surface area (Å²) in [4.78, 5) is 0. The van der Waals surface area contributed by atoms with Gasteiger partial charge in [0.05, 0.1) is 32.7 Å². The van der Waals surface area contributed by atoms with Crippen LogP contribution in [0.15, 0.2) is 0 Å². The molecular formula is C9H22N3+. The van der Waals surface area contributed by atoms with E-state index in [0.717, 1.165) is 30.5 Å². The highest BCUT2D eigenvalue weighted by molar-refractivity contribution is 4.61. The van der Waals surface area contributed by atoms with E-state index in [1.807, 2.05) is 0 Å². The van der Waals surface area contributed by atoms with E-state index in [1.54, 1.807) is 0 Å². The van der Waals surface area contributed by atoms with Gasteiger partial charge in [-0.25, -0.2) is 0 Å². The summed E-state index contributed by atoms with van der Waals surface area (Å²) in [5, 5.41) is 3.37. The largest absolute Gasteiger partial charge is 0.323 e. The Balaban J connectivity index is 2.35. The summed E-state index contributed by atoms with van der Waals surface area (Å²) >= 11 is 0. The maximum atomic E-state index is 5.95. The summed E-state index contributed by atoms with van der Waals surface area (Å²) in [6, 6.07) is 0.382. The minimum absolute atomic E-state index is 0.382. The molecule has 72 valence electrons. The zero-order valence-corrected chi connectivity index (χ0v) is 8.34. The van der Waals surface area contributed by atoms with Crippen LogP contribution in [-0.2, 0) is 0 Å². The summed E-state index contributed by atoms with van der Waals surface area (Å²) in [6.45, 7) is 8.05. The van der Waals surface area contributed by atoms with Gasteiger partial charge in [0.15, 0.2) is 0 Å². The van der Waals surface area contributed by atoms with E-state index in [4.69, 9.17) is 5.73 Å². The Hall–Kier alpha value is -0.120. The Labute approximate surface area is 75.5 Å². The van der Waals surface area contributed by atoms with Gasteiger partial charge in [-0.3, -0.25) is 0 Å². The highest BCUT2D eigenvalue weighted by Crippen LogP contribution is 2.06. The second-order valence-electron chi connectivity index (χ2n) is 4.17. The third kappa shape index (κ3) is 2.73. The summed E-state index contributed by atoms with van der Waals surface area (Å²) < 4.78 is 1.15. The zero-order valence-electron chi connectivity index (χ0n) is 8.34. The molecule has 1 unspecified atom stereocenters. The fourth-order valence-electron chi connectivity index (χ4n) is 1.81. The molecule has 1 atom stereocenters. The van der Waals surface area contributed by atoms with Crippen LogP contribution in [0.25, 0.3) is 0 Å². The molecule has 3 N–H and O–H groups in total. The lowest BCUT2D eigenvalue weighted by Gasteiger charge is -2.39. The molecule has 1 saturated heterocycles. The van der Waals surface area contributed by atoms with Crippen LogP contribution < -0.4 is 11.1 Å². The van der Waals surface area contributed by atoms with Crippen LogP contribution in [0.3, 0.4) is 0 Å². The third-order valence-electron chi connectivity index (χ3n) is 2.86. The predicted molar refractivity (Wildman–Crippen MR) is 51.9 cm³/mol. The lowest BCUT2D eigenvalue weighted by atomic mass is 10.2. The van der Waals surface area contributed by atoms with E-state index in [-0.39, 0.29) is 0 Å². The predicted octanol–water partition coefficient (Wildman–Crippen LogP) is -0.226. The van der Waals surface area contributed by atoms with Gasteiger partial charge in [0, 0.05) is 13.1 Å². The van der Waals surface area contributed by atoms with Gasteiger partial charge in [-0.1, -0.05) is 6.92 Å². The molecule has 0 spiro atoms. The number of quaternary nitrogens is 1. The molecule has 3 nitrogen and oxygen atoms in total. The van der Waals surface area contributed by atoms with Crippen LogP contribution in [-0.4, -0.2) is 50.3 Å². The van der Waals surface area contributed by atoms with Crippen molar-refractivity contribution >= 4 is 0 Å². The van der Waals surface area contributed by atoms with Crippen LogP contribution in [0, 0.1) is 0 Å². The Morgan fingerprint density at radius 1 is 1.42 bits per heavy atom. The lowest BCUT2D eigenvalue weighted by molar-refractivity contribution is -0.912. The first-order valence-electron chi connectivity index (χ1n) is 4.96. The highest BCUT2D eigenvalue weighted by atomic mass is 15.4. The fraction of sp³-hybridized carbons (Fsp3) is 1.00. The molecular weight excluding hydrogens is 150 g/mol. The van der Waals surface area contributed by atoms with Gasteiger partial charge in [0.1, 0.15) is 0 Å². The Morgan fingerprint density at radius 3 is 2.50 bits per heavy atom. The summed E-state index contributed by atoms with van der Waals surface area (Å²) in [7, 11) is 2.32. The molecule has 3 heteroatoms. The van der Waals surface area contributed by atoms with Crippen molar-refractivity contribution in [2.75, 3.05) is 39.8 Å². The van der Waals surface area contributed by atoms with E-state index in [9.17, 15) is 0 Å². The average Bonchev–Trinajstić information content (AvgIpc) is 2.05. The number of piperazine rings is 1. The molecule has 0 aliphatic carbocycles. The standard InChI is InChI=1S/C9H22N3/c1-3-9(10)8-12(2)6-4-11-5-7-12/h9,11H,3-8,10H2,1-2H3/q+1. The van der Waals surface area contributed by atoms with Crippen LogP contribution in [0.2, 0.25) is 0 Å². The quantitative estimate of drug-likeness (QED) is 0.577. The average molecular weight is 172 g/mol. The second-order valence-corrected chi connectivity index (χ2v) is 4.17. The van der Waals surface area contributed by atoms with Gasteiger partial charge in [0.2, 0.25) is 0 Å². The van der Waals surface area contributed by atoms with Gasteiger partial charge in [0.25, 0.3) is 0 Å². The number of nitrogens with one attached hydrogen (secondary N) is 1. The maximum Gasteiger partial charge on any atom is 0.0939 e. The normalized spacial score (nSPS) is 25.2. The van der Waals surface area contributed by atoms with Crippen LogP contribution in [0.1, 0.15) is 13.3 Å². The minimum atomic E-state index is 0.382. The van der Waals surface area contributed by atoms with E-state index in [1.165, 1.54) is 13.1 Å². The van der Waals surface area contributed by atoms with Crippen molar-refractivity contribution < 1.29 is 4.48 Å². The molecule has 0 aromatic rings. The topological polar surface area (TPSA) is 38.0 Å². The number of likely N-dealkylation sites (N-methyl/N-ethyl adjacent to an activating group) is 1. The molecule has 1 aliphatic heterocycles. The van der Waals surface area contributed by atoms with Gasteiger partial charge < -0.3 is 15.5 Å². The first-order chi connectivity index (χ1) is 5.66. The molecule has 0 radical (unpaired) electrons. The monoisotopic (exact) mass is 172 g/mol. The number of nitrogens with two attached hydrogens (primary N) is 1. The minimum Gasteiger partial charge on any atom is -0.323 e. The number of hydrogen-bond acceptors (Lipinski definition) is 2. The lowest BCUT2D eigenvalue weighted by Crippen LogP contribution is -2.59. The summed E-state index contributed by atoms with van der Waals surface area (Å²) in [5.41, 5.74) is 5.95. The molecule has 0 amide bonds. The maximum absolute atomic E-state index is 5.95. The molecule has 12 heavy (non-hydrogen) atoms. The molecule has 0 saturated carbocycles. The van der Waals surface area contributed by atoms with Gasteiger partial charge in [-0.05, 0) is 6.42 Å². The first kappa shape index (κ1) is 9.96. The van der Waals surface area contributed by atoms with Crippen molar-refractivity contribution in [1.82, 2.24) is 5.32 Å². The zero-order chi connectivity index (χ0) is 9.03. The van der Waals surface area contributed by atoms with E-state index in [2.05, 4.69) is 19.3 Å². The molecule has 0 aromatic carbocycles. The molecule has 1 fully saturated rings. The Bertz CT molecular complexity index is 130. The van der Waals surface area contributed by atoms with Crippen molar-refractivity contribution in [2.45, 2.75) is 19.4 Å². The van der Waals surface area contributed by atoms with Crippen LogP contribution in [0.5, 0.6) is 0 Å². The van der Waals surface area contributed by atoms with Crippen molar-refractivity contribution in [3.8, 4) is 0 Å². The van der Waals surface area contributed by atoms with Crippen molar-refractivity contribution in [3.63, 3.8) is 0 Å². The van der Waals surface area contributed by atoms with Gasteiger partial charge in [-0.15, -0.1) is 0 Å². The number of hydrogen-bond donors (Lipinski definition) is 2. The Kier molecular flexibility index (Phi) is 3.50. The number of nitrogens with zero attached hydrogens (tertiary/aromatic N) is 1. The van der Waals surface area contributed by atoms with Gasteiger partial charge in [-0.2, -0.15) is 0 Å². The summed E-state index contributed by atoms with van der Waals surface area (Å²) in [6.07, 6.45) is 1.10. The molecule has 0 bridgehead atoms. The van der Waals surface area contributed by atoms with E-state index < -0.39 is 0 Å². The van der Waals surface area contributed by atoms with E-state index in [0.29, 0.717) is 6.04 Å². The molecule has 1 rings (SSSR count). The SMILES string of the molecule is CCC(N)C[N+]1(C)CCNCC1. The van der Waals surface area contributed by atoms with Crippen LogP contribution >= 0.6 is 0 Å². The molecule has 0 aromatic heterocycles. The van der Waals surface area contributed by atoms with Crippen molar-refractivity contribution in [3.05, 3.63) is 0 Å². The number of rotatable bonds is 3. The highest BCUT2D eigenvalue weighted by Gasteiger charge is 2.25.